The van der Waals surface area contributed by atoms with Crippen LogP contribution in [0.3, 0.4) is 0 Å². The van der Waals surface area contributed by atoms with Crippen molar-refractivity contribution in [3.05, 3.63) is 11.4 Å². The number of rotatable bonds is 1. The van der Waals surface area contributed by atoms with E-state index in [0.29, 0.717) is 0 Å². The third-order valence-corrected chi connectivity index (χ3v) is 3.06. The van der Waals surface area contributed by atoms with Crippen LogP contribution in [0.5, 0.6) is 0 Å². The first kappa shape index (κ1) is 7.42. The Morgan fingerprint density at radius 2 is 2.31 bits per heavy atom. The Balaban J connectivity index is 2.06. The molecule has 1 aromatic heterocycles. The summed E-state index contributed by atoms with van der Waals surface area (Å²) in [6, 6.07) is 0. The van der Waals surface area contributed by atoms with Crippen LogP contribution in [-0.2, 0) is 6.54 Å². The lowest BCUT2D eigenvalue weighted by atomic mass is 10.2. The maximum atomic E-state index is 4.66. The van der Waals surface area contributed by atoms with Crippen molar-refractivity contribution in [3.8, 4) is 0 Å². The highest BCUT2D eigenvalue weighted by Crippen LogP contribution is 2.42. The van der Waals surface area contributed by atoms with E-state index in [1.54, 1.807) is 0 Å². The smallest absolute Gasteiger partial charge is 0.203 e. The summed E-state index contributed by atoms with van der Waals surface area (Å²) in [6.07, 6.45) is 3.92. The van der Waals surface area contributed by atoms with E-state index in [1.807, 2.05) is 0 Å². The standard InChI is InChI=1S/C10H15N3/c1-7-9(8-3-4-8)12-10-11-5-2-6-13(7)10/h8H,2-6H2,1H3,(H,11,12). The molecule has 3 rings (SSSR count). The minimum Gasteiger partial charge on any atom is -0.356 e. The maximum Gasteiger partial charge on any atom is 0.203 e. The molecule has 70 valence electrons. The molecule has 13 heavy (non-hydrogen) atoms. The summed E-state index contributed by atoms with van der Waals surface area (Å²) < 4.78 is 2.33. The van der Waals surface area contributed by atoms with Gasteiger partial charge in [0.25, 0.3) is 0 Å². The van der Waals surface area contributed by atoms with Crippen molar-refractivity contribution in [2.75, 3.05) is 11.9 Å². The second-order valence-electron chi connectivity index (χ2n) is 4.11. The summed E-state index contributed by atoms with van der Waals surface area (Å²) in [5.74, 6) is 1.88. The number of aromatic nitrogens is 2. The molecule has 0 spiro atoms. The number of nitrogens with one attached hydrogen (secondary N) is 1. The molecule has 1 N–H and O–H groups in total. The van der Waals surface area contributed by atoms with Gasteiger partial charge in [-0.2, -0.15) is 0 Å². The first-order chi connectivity index (χ1) is 6.36. The molecule has 0 saturated heterocycles. The van der Waals surface area contributed by atoms with E-state index in [-0.39, 0.29) is 0 Å². The highest BCUT2D eigenvalue weighted by atomic mass is 15.2. The second-order valence-corrected chi connectivity index (χ2v) is 4.11. The van der Waals surface area contributed by atoms with E-state index >= 15 is 0 Å². The summed E-state index contributed by atoms with van der Waals surface area (Å²) in [4.78, 5) is 4.66. The Morgan fingerprint density at radius 3 is 3.00 bits per heavy atom. The predicted octanol–water partition coefficient (Wildman–Crippen LogP) is 1.88. The fourth-order valence-electron chi connectivity index (χ4n) is 2.14. The van der Waals surface area contributed by atoms with Gasteiger partial charge in [-0.15, -0.1) is 0 Å². The molecule has 3 nitrogen and oxygen atoms in total. The zero-order valence-corrected chi connectivity index (χ0v) is 8.01. The third-order valence-electron chi connectivity index (χ3n) is 3.06. The second kappa shape index (κ2) is 2.50. The van der Waals surface area contributed by atoms with Gasteiger partial charge in [-0.1, -0.05) is 0 Å². The Labute approximate surface area is 78.2 Å². The van der Waals surface area contributed by atoms with Crippen molar-refractivity contribution in [1.29, 1.82) is 0 Å². The summed E-state index contributed by atoms with van der Waals surface area (Å²) in [5, 5.41) is 3.36. The molecule has 0 atom stereocenters. The monoisotopic (exact) mass is 177 g/mol. The minimum atomic E-state index is 0.778. The fraction of sp³-hybridized carbons (Fsp3) is 0.700. The van der Waals surface area contributed by atoms with Gasteiger partial charge in [0.15, 0.2) is 0 Å². The quantitative estimate of drug-likeness (QED) is 0.710. The normalized spacial score (nSPS) is 21.0. The van der Waals surface area contributed by atoms with Crippen molar-refractivity contribution in [2.45, 2.75) is 38.6 Å². The molecular weight excluding hydrogens is 162 g/mol. The van der Waals surface area contributed by atoms with Gasteiger partial charge < -0.3 is 9.88 Å². The Kier molecular flexibility index (Phi) is 1.43. The SMILES string of the molecule is Cc1c(C2CC2)nc2n1CCCN2. The summed E-state index contributed by atoms with van der Waals surface area (Å²) in [6.45, 7) is 4.44. The van der Waals surface area contributed by atoms with Crippen LogP contribution in [0.15, 0.2) is 0 Å². The number of anilines is 1. The van der Waals surface area contributed by atoms with E-state index in [1.165, 1.54) is 30.7 Å². The minimum absolute atomic E-state index is 0.778. The average Bonchev–Trinajstić information content (AvgIpc) is 2.94. The molecule has 1 aliphatic carbocycles. The van der Waals surface area contributed by atoms with Gasteiger partial charge in [-0.3, -0.25) is 0 Å². The van der Waals surface area contributed by atoms with E-state index in [9.17, 15) is 0 Å². The van der Waals surface area contributed by atoms with E-state index < -0.39 is 0 Å². The summed E-state index contributed by atoms with van der Waals surface area (Å²) >= 11 is 0. The highest BCUT2D eigenvalue weighted by molar-refractivity contribution is 5.37. The molecule has 1 saturated carbocycles. The van der Waals surface area contributed by atoms with Crippen molar-refractivity contribution in [3.63, 3.8) is 0 Å². The largest absolute Gasteiger partial charge is 0.356 e. The van der Waals surface area contributed by atoms with Crippen LogP contribution >= 0.6 is 0 Å². The van der Waals surface area contributed by atoms with Gasteiger partial charge in [-0.25, -0.2) is 4.98 Å². The number of fused-ring (bicyclic) bond motifs is 1. The molecule has 0 amide bonds. The van der Waals surface area contributed by atoms with Crippen LogP contribution in [-0.4, -0.2) is 16.1 Å². The number of hydrogen-bond acceptors (Lipinski definition) is 2. The molecule has 0 unspecified atom stereocenters. The van der Waals surface area contributed by atoms with Crippen LogP contribution in [0.2, 0.25) is 0 Å². The number of imidazole rings is 1. The summed E-state index contributed by atoms with van der Waals surface area (Å²) in [5.41, 5.74) is 2.74. The van der Waals surface area contributed by atoms with E-state index in [0.717, 1.165) is 25.0 Å². The lowest BCUT2D eigenvalue weighted by Gasteiger charge is -2.16. The molecule has 0 radical (unpaired) electrons. The zero-order chi connectivity index (χ0) is 8.84. The molecule has 0 bridgehead atoms. The molecular formula is C10H15N3. The molecule has 2 aliphatic rings. The third kappa shape index (κ3) is 1.06. The van der Waals surface area contributed by atoms with Gasteiger partial charge >= 0.3 is 0 Å². The molecule has 0 aromatic carbocycles. The van der Waals surface area contributed by atoms with Crippen LogP contribution in [0.4, 0.5) is 5.95 Å². The molecule has 1 aromatic rings. The number of nitrogens with zero attached hydrogens (tertiary/aromatic N) is 2. The maximum absolute atomic E-state index is 4.66. The van der Waals surface area contributed by atoms with Gasteiger partial charge in [0.05, 0.1) is 5.69 Å². The van der Waals surface area contributed by atoms with Gasteiger partial charge in [0.1, 0.15) is 0 Å². The molecule has 3 heteroatoms. The van der Waals surface area contributed by atoms with Crippen LogP contribution < -0.4 is 5.32 Å². The lowest BCUT2D eigenvalue weighted by molar-refractivity contribution is 0.614. The van der Waals surface area contributed by atoms with Crippen LogP contribution in [0.25, 0.3) is 0 Å². The lowest BCUT2D eigenvalue weighted by Crippen LogP contribution is -2.17. The predicted molar refractivity (Wildman–Crippen MR) is 52.0 cm³/mol. The average molecular weight is 177 g/mol. The zero-order valence-electron chi connectivity index (χ0n) is 8.01. The van der Waals surface area contributed by atoms with Gasteiger partial charge in [0, 0.05) is 24.7 Å². The molecule has 2 heterocycles. The first-order valence-corrected chi connectivity index (χ1v) is 5.17. The van der Waals surface area contributed by atoms with Crippen LogP contribution in [0.1, 0.15) is 36.6 Å². The Morgan fingerprint density at radius 1 is 1.46 bits per heavy atom. The number of hydrogen-bond donors (Lipinski definition) is 1. The Bertz CT molecular complexity index is 336. The van der Waals surface area contributed by atoms with Crippen molar-refractivity contribution < 1.29 is 0 Å². The van der Waals surface area contributed by atoms with Crippen molar-refractivity contribution >= 4 is 5.95 Å². The van der Waals surface area contributed by atoms with Crippen molar-refractivity contribution in [2.24, 2.45) is 0 Å². The molecule has 1 fully saturated rings. The van der Waals surface area contributed by atoms with Gasteiger partial charge in [-0.05, 0) is 26.2 Å². The highest BCUT2D eigenvalue weighted by Gasteiger charge is 2.30. The topological polar surface area (TPSA) is 29.9 Å². The van der Waals surface area contributed by atoms with Crippen molar-refractivity contribution in [1.82, 2.24) is 9.55 Å². The summed E-state index contributed by atoms with van der Waals surface area (Å²) in [7, 11) is 0. The molecule has 1 aliphatic heterocycles. The van der Waals surface area contributed by atoms with Gasteiger partial charge in [0.2, 0.25) is 5.95 Å². The van der Waals surface area contributed by atoms with E-state index in [4.69, 9.17) is 0 Å². The first-order valence-electron chi connectivity index (χ1n) is 5.17. The fourth-order valence-corrected chi connectivity index (χ4v) is 2.14. The van der Waals surface area contributed by atoms with Crippen LogP contribution in [0, 0.1) is 6.92 Å². The van der Waals surface area contributed by atoms with E-state index in [2.05, 4.69) is 21.8 Å². The Hall–Kier alpha value is -0.990.